The maximum atomic E-state index is 12.7. The van der Waals surface area contributed by atoms with Crippen molar-refractivity contribution in [2.45, 2.75) is 51.5 Å². The predicted molar refractivity (Wildman–Crippen MR) is 92.1 cm³/mol. The molecule has 1 aromatic carbocycles. The highest BCUT2D eigenvalue weighted by Crippen LogP contribution is 2.40. The molecule has 5 nitrogen and oxygen atoms in total. The lowest BCUT2D eigenvalue weighted by Crippen LogP contribution is -2.37. The molecule has 3 rings (SSSR count). The minimum atomic E-state index is -0.0568. The molecule has 1 fully saturated rings. The minimum absolute atomic E-state index is 0.0568. The van der Waals surface area contributed by atoms with Crippen LogP contribution in [0.15, 0.2) is 12.1 Å². The number of fused-ring (bicyclic) bond motifs is 1. The number of amides is 1. The lowest BCUT2D eigenvalue weighted by atomic mass is 9.96. The van der Waals surface area contributed by atoms with Crippen LogP contribution in [0, 0.1) is 5.92 Å². The summed E-state index contributed by atoms with van der Waals surface area (Å²) < 4.78 is 16.6. The summed E-state index contributed by atoms with van der Waals surface area (Å²) in [6, 6.07) is 3.77. The molecule has 5 heteroatoms. The fourth-order valence-corrected chi connectivity index (χ4v) is 3.69. The van der Waals surface area contributed by atoms with Gasteiger partial charge in [-0.3, -0.25) is 4.79 Å². The van der Waals surface area contributed by atoms with Gasteiger partial charge in [0.05, 0.1) is 7.11 Å². The molecule has 0 bridgehead atoms. The third-order valence-electron chi connectivity index (χ3n) is 4.99. The van der Waals surface area contributed by atoms with Crippen molar-refractivity contribution in [3.8, 4) is 17.2 Å². The van der Waals surface area contributed by atoms with E-state index in [2.05, 4.69) is 12.2 Å². The van der Waals surface area contributed by atoms with Crippen molar-refractivity contribution in [2.75, 3.05) is 20.3 Å². The largest absolute Gasteiger partial charge is 0.493 e. The van der Waals surface area contributed by atoms with Gasteiger partial charge in [0.1, 0.15) is 13.2 Å². The van der Waals surface area contributed by atoms with Crippen molar-refractivity contribution in [2.24, 2.45) is 5.92 Å². The molecule has 1 aliphatic carbocycles. The van der Waals surface area contributed by atoms with E-state index >= 15 is 0 Å². The Morgan fingerprint density at radius 1 is 1.29 bits per heavy atom. The van der Waals surface area contributed by atoms with Crippen molar-refractivity contribution in [1.29, 1.82) is 0 Å². The van der Waals surface area contributed by atoms with Crippen LogP contribution in [0.25, 0.3) is 0 Å². The SMILES string of the molecule is CCCCC1CCCC1NC(=O)c1cc(OC)c2c(c1)OCCO2. The lowest BCUT2D eigenvalue weighted by Gasteiger charge is -2.23. The van der Waals surface area contributed by atoms with Gasteiger partial charge in [0.15, 0.2) is 11.5 Å². The molecule has 2 atom stereocenters. The summed E-state index contributed by atoms with van der Waals surface area (Å²) in [6.45, 7) is 3.20. The van der Waals surface area contributed by atoms with E-state index in [1.165, 1.54) is 32.1 Å². The zero-order valence-electron chi connectivity index (χ0n) is 14.6. The topological polar surface area (TPSA) is 56.8 Å². The number of hydrogen-bond donors (Lipinski definition) is 1. The second-order valence-corrected chi connectivity index (χ2v) is 6.62. The van der Waals surface area contributed by atoms with Gasteiger partial charge < -0.3 is 19.5 Å². The van der Waals surface area contributed by atoms with Gasteiger partial charge >= 0.3 is 0 Å². The van der Waals surface area contributed by atoms with Crippen LogP contribution in [0.5, 0.6) is 17.2 Å². The Balaban J connectivity index is 1.73. The summed E-state index contributed by atoms with van der Waals surface area (Å²) in [6.07, 6.45) is 7.12. The van der Waals surface area contributed by atoms with Gasteiger partial charge in [0.25, 0.3) is 5.91 Å². The van der Waals surface area contributed by atoms with Gasteiger partial charge in [0, 0.05) is 11.6 Å². The number of unbranched alkanes of at least 4 members (excludes halogenated alkanes) is 1. The summed E-state index contributed by atoms with van der Waals surface area (Å²) in [7, 11) is 1.58. The van der Waals surface area contributed by atoms with E-state index in [9.17, 15) is 4.79 Å². The standard InChI is InChI=1S/C19H27NO4/c1-3-4-6-13-7-5-8-15(13)20-19(21)14-11-16(22-2)18-17(12-14)23-9-10-24-18/h11-13,15H,3-10H2,1-2H3,(H,20,21). The summed E-state index contributed by atoms with van der Waals surface area (Å²) in [4.78, 5) is 12.7. The maximum Gasteiger partial charge on any atom is 0.251 e. The molecule has 132 valence electrons. The van der Waals surface area contributed by atoms with E-state index < -0.39 is 0 Å². The number of rotatable bonds is 6. The van der Waals surface area contributed by atoms with Gasteiger partial charge in [-0.15, -0.1) is 0 Å². The number of nitrogens with one attached hydrogen (secondary N) is 1. The molecule has 2 aliphatic rings. The molecule has 0 radical (unpaired) electrons. The molecule has 0 spiro atoms. The summed E-state index contributed by atoms with van der Waals surface area (Å²) >= 11 is 0. The van der Waals surface area contributed by atoms with Gasteiger partial charge in [0.2, 0.25) is 5.75 Å². The van der Waals surface area contributed by atoms with Crippen LogP contribution in [0.4, 0.5) is 0 Å². The van der Waals surface area contributed by atoms with Crippen molar-refractivity contribution < 1.29 is 19.0 Å². The Kier molecular flexibility index (Phi) is 5.48. The molecule has 1 saturated carbocycles. The summed E-state index contributed by atoms with van der Waals surface area (Å²) in [5, 5.41) is 3.22. The first kappa shape index (κ1) is 16.9. The number of carbonyl (C=O) groups excluding carboxylic acids is 1. The van der Waals surface area contributed by atoms with Gasteiger partial charge in [-0.1, -0.05) is 26.2 Å². The molecule has 2 unspecified atom stereocenters. The number of hydrogen-bond acceptors (Lipinski definition) is 4. The minimum Gasteiger partial charge on any atom is -0.493 e. The molecular weight excluding hydrogens is 306 g/mol. The Hall–Kier alpha value is -1.91. The Morgan fingerprint density at radius 3 is 2.92 bits per heavy atom. The fourth-order valence-electron chi connectivity index (χ4n) is 3.69. The van der Waals surface area contributed by atoms with Gasteiger partial charge in [-0.05, 0) is 37.3 Å². The van der Waals surface area contributed by atoms with Crippen LogP contribution < -0.4 is 19.5 Å². The molecule has 24 heavy (non-hydrogen) atoms. The Labute approximate surface area is 143 Å². The van der Waals surface area contributed by atoms with E-state index in [1.807, 2.05) is 0 Å². The third kappa shape index (κ3) is 3.60. The van der Waals surface area contributed by atoms with E-state index in [1.54, 1.807) is 19.2 Å². The van der Waals surface area contributed by atoms with E-state index in [0.29, 0.717) is 41.9 Å². The first-order valence-electron chi connectivity index (χ1n) is 9.01. The lowest BCUT2D eigenvalue weighted by molar-refractivity contribution is 0.0924. The summed E-state index contributed by atoms with van der Waals surface area (Å²) in [5.41, 5.74) is 0.567. The van der Waals surface area contributed by atoms with Crippen molar-refractivity contribution in [3.05, 3.63) is 17.7 Å². The Morgan fingerprint density at radius 2 is 2.12 bits per heavy atom. The zero-order valence-corrected chi connectivity index (χ0v) is 14.6. The van der Waals surface area contributed by atoms with Crippen LogP contribution in [-0.2, 0) is 0 Å². The van der Waals surface area contributed by atoms with E-state index in [4.69, 9.17) is 14.2 Å². The van der Waals surface area contributed by atoms with E-state index in [0.717, 1.165) is 6.42 Å². The van der Waals surface area contributed by atoms with Crippen molar-refractivity contribution in [1.82, 2.24) is 5.32 Å². The van der Waals surface area contributed by atoms with Crippen molar-refractivity contribution in [3.63, 3.8) is 0 Å². The fraction of sp³-hybridized carbons (Fsp3) is 0.632. The second-order valence-electron chi connectivity index (χ2n) is 6.62. The molecule has 1 amide bonds. The van der Waals surface area contributed by atoms with Crippen LogP contribution in [0.3, 0.4) is 0 Å². The molecule has 1 aliphatic heterocycles. The second kappa shape index (κ2) is 7.77. The predicted octanol–water partition coefficient (Wildman–Crippen LogP) is 3.56. The highest BCUT2D eigenvalue weighted by atomic mass is 16.6. The van der Waals surface area contributed by atoms with Crippen LogP contribution in [0.1, 0.15) is 55.8 Å². The monoisotopic (exact) mass is 333 g/mol. The summed E-state index contributed by atoms with van der Waals surface area (Å²) in [5.74, 6) is 2.26. The molecule has 1 N–H and O–H groups in total. The van der Waals surface area contributed by atoms with E-state index in [-0.39, 0.29) is 11.9 Å². The van der Waals surface area contributed by atoms with Gasteiger partial charge in [-0.2, -0.15) is 0 Å². The highest BCUT2D eigenvalue weighted by Gasteiger charge is 2.29. The number of carbonyl (C=O) groups is 1. The Bertz CT molecular complexity index is 570. The highest BCUT2D eigenvalue weighted by molar-refractivity contribution is 5.95. The third-order valence-corrected chi connectivity index (χ3v) is 4.99. The van der Waals surface area contributed by atoms with Crippen LogP contribution >= 0.6 is 0 Å². The molecule has 1 heterocycles. The maximum absolute atomic E-state index is 12.7. The first-order chi connectivity index (χ1) is 11.7. The number of methoxy groups -OCH3 is 1. The smallest absolute Gasteiger partial charge is 0.251 e. The quantitative estimate of drug-likeness (QED) is 0.865. The van der Waals surface area contributed by atoms with Crippen LogP contribution in [-0.4, -0.2) is 32.3 Å². The molecular formula is C19H27NO4. The molecule has 0 aromatic heterocycles. The molecule has 1 aromatic rings. The van der Waals surface area contributed by atoms with Crippen LogP contribution in [0.2, 0.25) is 0 Å². The normalized spacial score (nSPS) is 22.2. The molecule has 0 saturated heterocycles. The number of ether oxygens (including phenoxy) is 3. The number of benzene rings is 1. The average molecular weight is 333 g/mol. The average Bonchev–Trinajstić information content (AvgIpc) is 3.05. The van der Waals surface area contributed by atoms with Gasteiger partial charge in [-0.25, -0.2) is 0 Å². The van der Waals surface area contributed by atoms with Crippen molar-refractivity contribution >= 4 is 5.91 Å². The zero-order chi connectivity index (χ0) is 16.9. The first-order valence-corrected chi connectivity index (χ1v) is 9.01.